The molecule has 0 heterocycles. The first-order chi connectivity index (χ1) is 12.3. The Morgan fingerprint density at radius 2 is 1.81 bits per heavy atom. The second-order valence-electron chi connectivity index (χ2n) is 6.70. The maximum absolute atomic E-state index is 12.2. The van der Waals surface area contributed by atoms with Crippen molar-refractivity contribution in [2.24, 2.45) is 0 Å². The van der Waals surface area contributed by atoms with E-state index in [1.807, 2.05) is 6.92 Å². The lowest BCUT2D eigenvalue weighted by atomic mass is 10.1. The highest BCUT2D eigenvalue weighted by molar-refractivity contribution is 8.00. The van der Waals surface area contributed by atoms with Crippen molar-refractivity contribution in [1.82, 2.24) is 5.32 Å². The molecular formula is C20H23NO3S2. The summed E-state index contributed by atoms with van der Waals surface area (Å²) in [6.45, 7) is 1.90. The van der Waals surface area contributed by atoms with E-state index in [1.54, 1.807) is 36.0 Å². The topological polar surface area (TPSA) is 63.2 Å². The van der Waals surface area contributed by atoms with Crippen LogP contribution in [-0.4, -0.2) is 26.3 Å². The molecule has 138 valence electrons. The van der Waals surface area contributed by atoms with Crippen LogP contribution in [0.5, 0.6) is 0 Å². The van der Waals surface area contributed by atoms with Gasteiger partial charge < -0.3 is 5.32 Å². The SMILES string of the molecule is C[C@H](NC(=O)CSc1ccc2c(c1)CCC2)c1ccc(S(C)(=O)=O)cc1. The van der Waals surface area contributed by atoms with Crippen LogP contribution in [-0.2, 0) is 27.5 Å². The van der Waals surface area contributed by atoms with Gasteiger partial charge in [-0.2, -0.15) is 0 Å². The van der Waals surface area contributed by atoms with Crippen LogP contribution in [0.15, 0.2) is 52.3 Å². The van der Waals surface area contributed by atoms with Gasteiger partial charge >= 0.3 is 0 Å². The molecule has 1 atom stereocenters. The van der Waals surface area contributed by atoms with Crippen molar-refractivity contribution in [3.05, 3.63) is 59.2 Å². The van der Waals surface area contributed by atoms with Gasteiger partial charge in [0, 0.05) is 11.2 Å². The van der Waals surface area contributed by atoms with Gasteiger partial charge in [0.25, 0.3) is 0 Å². The van der Waals surface area contributed by atoms with Crippen LogP contribution in [0, 0.1) is 0 Å². The smallest absolute Gasteiger partial charge is 0.230 e. The summed E-state index contributed by atoms with van der Waals surface area (Å²) in [5, 5.41) is 2.97. The standard InChI is InChI=1S/C20H23NO3S2/c1-14(15-7-10-19(11-8-15)26(2,23)24)21-20(22)13-25-18-9-6-16-4-3-5-17(16)12-18/h6-12,14H,3-5,13H2,1-2H3,(H,21,22)/t14-/m0/s1. The van der Waals surface area contributed by atoms with E-state index in [1.165, 1.54) is 23.8 Å². The van der Waals surface area contributed by atoms with Crippen molar-refractivity contribution in [2.75, 3.05) is 12.0 Å². The summed E-state index contributed by atoms with van der Waals surface area (Å²) in [6, 6.07) is 12.9. The maximum atomic E-state index is 12.2. The van der Waals surface area contributed by atoms with Crippen LogP contribution >= 0.6 is 11.8 Å². The zero-order chi connectivity index (χ0) is 18.7. The Kier molecular flexibility index (Phi) is 5.73. The van der Waals surface area contributed by atoms with E-state index in [0.717, 1.165) is 23.3 Å². The molecule has 2 aromatic rings. The van der Waals surface area contributed by atoms with Crippen LogP contribution in [0.1, 0.15) is 36.1 Å². The minimum atomic E-state index is -3.20. The summed E-state index contributed by atoms with van der Waals surface area (Å²) in [6.07, 6.45) is 4.70. The fourth-order valence-corrected chi connectivity index (χ4v) is 4.56. The molecule has 4 nitrogen and oxygen atoms in total. The molecule has 1 aliphatic carbocycles. The van der Waals surface area contributed by atoms with Gasteiger partial charge in [-0.3, -0.25) is 4.79 Å². The highest BCUT2D eigenvalue weighted by atomic mass is 32.2. The molecular weight excluding hydrogens is 366 g/mol. The fourth-order valence-electron chi connectivity index (χ4n) is 3.16. The van der Waals surface area contributed by atoms with Gasteiger partial charge in [-0.05, 0) is 67.1 Å². The fraction of sp³-hybridized carbons (Fsp3) is 0.350. The van der Waals surface area contributed by atoms with Crippen LogP contribution in [0.3, 0.4) is 0 Å². The van der Waals surface area contributed by atoms with Crippen LogP contribution < -0.4 is 5.32 Å². The molecule has 26 heavy (non-hydrogen) atoms. The van der Waals surface area contributed by atoms with Gasteiger partial charge in [0.1, 0.15) is 0 Å². The third-order valence-electron chi connectivity index (χ3n) is 4.63. The Bertz CT molecular complexity index is 905. The summed E-state index contributed by atoms with van der Waals surface area (Å²) in [7, 11) is -3.20. The van der Waals surface area contributed by atoms with Gasteiger partial charge in [0.05, 0.1) is 16.7 Å². The van der Waals surface area contributed by atoms with Gasteiger partial charge in [-0.15, -0.1) is 11.8 Å². The van der Waals surface area contributed by atoms with Crippen LogP contribution in [0.4, 0.5) is 0 Å². The Hall–Kier alpha value is -1.79. The summed E-state index contributed by atoms with van der Waals surface area (Å²) in [4.78, 5) is 13.6. The molecule has 1 amide bonds. The number of benzene rings is 2. The van der Waals surface area contributed by atoms with Crippen molar-refractivity contribution in [2.45, 2.75) is 42.0 Å². The third-order valence-corrected chi connectivity index (χ3v) is 6.75. The number of thioether (sulfide) groups is 1. The van der Waals surface area contributed by atoms with Gasteiger partial charge in [-0.1, -0.05) is 18.2 Å². The first-order valence-electron chi connectivity index (χ1n) is 8.67. The predicted octanol–water partition coefficient (Wildman–Crippen LogP) is 3.55. The molecule has 0 bridgehead atoms. The first kappa shape index (κ1) is 19.0. The Balaban J connectivity index is 1.54. The van der Waals surface area contributed by atoms with Gasteiger partial charge in [-0.25, -0.2) is 8.42 Å². The number of rotatable bonds is 6. The van der Waals surface area contributed by atoms with Crippen LogP contribution in [0.2, 0.25) is 0 Å². The third kappa shape index (κ3) is 4.68. The number of hydrogen-bond acceptors (Lipinski definition) is 4. The lowest BCUT2D eigenvalue weighted by molar-refractivity contribution is -0.119. The van der Waals surface area contributed by atoms with E-state index in [4.69, 9.17) is 0 Å². The summed E-state index contributed by atoms with van der Waals surface area (Å²) in [5.74, 6) is 0.333. The summed E-state index contributed by atoms with van der Waals surface area (Å²) in [5.41, 5.74) is 3.73. The van der Waals surface area contributed by atoms with Crippen LogP contribution in [0.25, 0.3) is 0 Å². The number of hydrogen-bond donors (Lipinski definition) is 1. The number of aryl methyl sites for hydroxylation is 2. The van der Waals surface area contributed by atoms with E-state index in [0.29, 0.717) is 5.75 Å². The van der Waals surface area contributed by atoms with E-state index in [9.17, 15) is 13.2 Å². The molecule has 0 fully saturated rings. The molecule has 1 aliphatic rings. The van der Waals surface area contributed by atoms with E-state index < -0.39 is 9.84 Å². The highest BCUT2D eigenvalue weighted by Crippen LogP contribution is 2.27. The molecule has 6 heteroatoms. The molecule has 2 aromatic carbocycles. The van der Waals surface area contributed by atoms with Crippen molar-refractivity contribution in [3.8, 4) is 0 Å². The first-order valence-corrected chi connectivity index (χ1v) is 11.5. The Morgan fingerprint density at radius 3 is 2.50 bits per heavy atom. The normalized spacial score (nSPS) is 14.7. The monoisotopic (exact) mass is 389 g/mol. The molecule has 0 radical (unpaired) electrons. The zero-order valence-corrected chi connectivity index (χ0v) is 16.6. The van der Waals surface area contributed by atoms with E-state index in [-0.39, 0.29) is 16.8 Å². The quantitative estimate of drug-likeness (QED) is 0.768. The lowest BCUT2D eigenvalue weighted by Gasteiger charge is -2.15. The molecule has 0 spiro atoms. The van der Waals surface area contributed by atoms with E-state index >= 15 is 0 Å². The average molecular weight is 390 g/mol. The highest BCUT2D eigenvalue weighted by Gasteiger charge is 2.14. The van der Waals surface area contributed by atoms with E-state index in [2.05, 4.69) is 23.5 Å². The molecule has 3 rings (SSSR count). The number of amides is 1. The number of carbonyl (C=O) groups excluding carboxylic acids is 1. The van der Waals surface area contributed by atoms with Gasteiger partial charge in [0.2, 0.25) is 5.91 Å². The summed E-state index contributed by atoms with van der Waals surface area (Å²) < 4.78 is 23.0. The molecule has 0 aliphatic heterocycles. The van der Waals surface area contributed by atoms with Crippen molar-refractivity contribution in [1.29, 1.82) is 0 Å². The number of carbonyl (C=O) groups is 1. The maximum Gasteiger partial charge on any atom is 0.230 e. The number of sulfone groups is 1. The van der Waals surface area contributed by atoms with Crippen molar-refractivity contribution < 1.29 is 13.2 Å². The lowest BCUT2D eigenvalue weighted by Crippen LogP contribution is -2.28. The Morgan fingerprint density at radius 1 is 1.12 bits per heavy atom. The predicted molar refractivity (Wildman–Crippen MR) is 105 cm³/mol. The van der Waals surface area contributed by atoms with Crippen molar-refractivity contribution in [3.63, 3.8) is 0 Å². The molecule has 0 saturated carbocycles. The molecule has 0 saturated heterocycles. The largest absolute Gasteiger partial charge is 0.349 e. The van der Waals surface area contributed by atoms with Gasteiger partial charge in [0.15, 0.2) is 9.84 Å². The number of nitrogens with one attached hydrogen (secondary N) is 1. The molecule has 0 unspecified atom stereocenters. The Labute approximate surface area is 159 Å². The minimum Gasteiger partial charge on any atom is -0.349 e. The summed E-state index contributed by atoms with van der Waals surface area (Å²) >= 11 is 1.55. The average Bonchev–Trinajstić information content (AvgIpc) is 3.07. The second-order valence-corrected chi connectivity index (χ2v) is 9.77. The number of fused-ring (bicyclic) bond motifs is 1. The zero-order valence-electron chi connectivity index (χ0n) is 15.0. The second kappa shape index (κ2) is 7.84. The minimum absolute atomic E-state index is 0.0322. The molecule has 1 N–H and O–H groups in total. The van der Waals surface area contributed by atoms with Crippen molar-refractivity contribution >= 4 is 27.5 Å². The molecule has 0 aromatic heterocycles.